The summed E-state index contributed by atoms with van der Waals surface area (Å²) in [6.45, 7) is 4.17. The zero-order valence-electron chi connectivity index (χ0n) is 9.78. The van der Waals surface area contributed by atoms with E-state index < -0.39 is 0 Å². The van der Waals surface area contributed by atoms with Gasteiger partial charge in [0.05, 0.1) is 12.7 Å². The molecule has 0 bridgehead atoms. The van der Waals surface area contributed by atoms with Crippen molar-refractivity contribution < 1.29 is 4.42 Å². The Kier molecular flexibility index (Phi) is 3.22. The highest BCUT2D eigenvalue weighted by Gasteiger charge is 2.03. The Labute approximate surface area is 98.1 Å². The lowest BCUT2D eigenvalue weighted by molar-refractivity contribution is 0.478. The minimum absolute atomic E-state index is 0.164. The van der Waals surface area contributed by atoms with E-state index in [0.717, 1.165) is 5.76 Å². The summed E-state index contributed by atoms with van der Waals surface area (Å²) in [5.41, 5.74) is -0.164. The highest BCUT2D eigenvalue weighted by Crippen LogP contribution is 2.05. The van der Waals surface area contributed by atoms with E-state index >= 15 is 0 Å². The maximum absolute atomic E-state index is 11.3. The number of aromatic nitrogens is 3. The fraction of sp³-hybridized carbons (Fsp3) is 0.364. The van der Waals surface area contributed by atoms with Crippen molar-refractivity contribution >= 4 is 5.82 Å². The molecule has 0 fully saturated rings. The predicted molar refractivity (Wildman–Crippen MR) is 62.8 cm³/mol. The Balaban J connectivity index is 2.08. The molecule has 0 spiro atoms. The van der Waals surface area contributed by atoms with Crippen LogP contribution in [0.3, 0.4) is 0 Å². The van der Waals surface area contributed by atoms with Crippen molar-refractivity contribution in [2.24, 2.45) is 0 Å². The van der Waals surface area contributed by atoms with Gasteiger partial charge in [0.25, 0.3) is 5.56 Å². The van der Waals surface area contributed by atoms with Crippen molar-refractivity contribution in [2.45, 2.75) is 26.8 Å². The van der Waals surface area contributed by atoms with Crippen molar-refractivity contribution in [3.63, 3.8) is 0 Å². The second-order valence-corrected chi connectivity index (χ2v) is 3.65. The number of oxazole rings is 1. The number of H-pyrrole nitrogens is 1. The van der Waals surface area contributed by atoms with Gasteiger partial charge in [0.15, 0.2) is 0 Å². The molecule has 2 aromatic rings. The molecule has 0 aliphatic heterocycles. The molecule has 0 unspecified atom stereocenters. The number of anilines is 1. The Morgan fingerprint density at radius 3 is 3.00 bits per heavy atom. The van der Waals surface area contributed by atoms with Crippen LogP contribution in [0.5, 0.6) is 0 Å². The molecule has 17 heavy (non-hydrogen) atoms. The highest BCUT2D eigenvalue weighted by molar-refractivity contribution is 5.32. The van der Waals surface area contributed by atoms with Gasteiger partial charge in [-0.15, -0.1) is 0 Å². The van der Waals surface area contributed by atoms with Crippen LogP contribution in [0.15, 0.2) is 21.5 Å². The van der Waals surface area contributed by atoms with Gasteiger partial charge >= 0.3 is 0 Å². The van der Waals surface area contributed by atoms with Crippen molar-refractivity contribution in [3.05, 3.63) is 40.1 Å². The molecule has 6 heteroatoms. The van der Waals surface area contributed by atoms with Gasteiger partial charge in [0, 0.05) is 12.5 Å². The van der Waals surface area contributed by atoms with E-state index in [0.29, 0.717) is 30.5 Å². The fourth-order valence-corrected chi connectivity index (χ4v) is 1.42. The summed E-state index contributed by atoms with van der Waals surface area (Å²) >= 11 is 0. The van der Waals surface area contributed by atoms with Gasteiger partial charge in [-0.2, -0.15) is 0 Å². The van der Waals surface area contributed by atoms with E-state index in [1.807, 2.05) is 13.8 Å². The van der Waals surface area contributed by atoms with Crippen LogP contribution in [-0.2, 0) is 13.0 Å². The number of nitrogens with zero attached hydrogens (tertiary/aromatic N) is 2. The molecule has 0 aliphatic rings. The van der Waals surface area contributed by atoms with Gasteiger partial charge in [-0.1, -0.05) is 6.92 Å². The lowest BCUT2D eigenvalue weighted by Crippen LogP contribution is -2.13. The standard InChI is InChI=1S/C11H14N4O2/c1-3-8-14-9(4-10(16)15-8)12-6-11-13-5-7(2)17-11/h4-5H,3,6H2,1-2H3,(H2,12,14,15,16). The van der Waals surface area contributed by atoms with Crippen LogP contribution in [0.4, 0.5) is 5.82 Å². The van der Waals surface area contributed by atoms with Gasteiger partial charge in [-0.05, 0) is 6.92 Å². The van der Waals surface area contributed by atoms with E-state index in [9.17, 15) is 4.79 Å². The highest BCUT2D eigenvalue weighted by atomic mass is 16.4. The summed E-state index contributed by atoms with van der Waals surface area (Å²) in [6, 6.07) is 1.41. The van der Waals surface area contributed by atoms with Crippen LogP contribution in [0.25, 0.3) is 0 Å². The molecular formula is C11H14N4O2. The monoisotopic (exact) mass is 234 g/mol. The van der Waals surface area contributed by atoms with Crippen molar-refractivity contribution in [1.82, 2.24) is 15.0 Å². The van der Waals surface area contributed by atoms with E-state index in [2.05, 4.69) is 20.3 Å². The third-order valence-electron chi connectivity index (χ3n) is 2.22. The van der Waals surface area contributed by atoms with Gasteiger partial charge < -0.3 is 14.7 Å². The molecule has 0 saturated carbocycles. The number of aromatic amines is 1. The average Bonchev–Trinajstić information content (AvgIpc) is 2.72. The van der Waals surface area contributed by atoms with Gasteiger partial charge in [-0.25, -0.2) is 9.97 Å². The minimum Gasteiger partial charge on any atom is -0.444 e. The molecular weight excluding hydrogens is 220 g/mol. The SMILES string of the molecule is CCc1nc(NCc2ncc(C)o2)cc(=O)[nH]1. The quantitative estimate of drug-likeness (QED) is 0.831. The van der Waals surface area contributed by atoms with E-state index in [1.165, 1.54) is 6.07 Å². The first-order chi connectivity index (χ1) is 8.17. The molecule has 0 saturated heterocycles. The summed E-state index contributed by atoms with van der Waals surface area (Å²) in [4.78, 5) is 22.3. The number of aryl methyl sites for hydroxylation is 2. The summed E-state index contributed by atoms with van der Waals surface area (Å²) in [7, 11) is 0. The smallest absolute Gasteiger partial charge is 0.252 e. The summed E-state index contributed by atoms with van der Waals surface area (Å²) in [6.07, 6.45) is 2.34. The third kappa shape index (κ3) is 2.93. The lowest BCUT2D eigenvalue weighted by Gasteiger charge is -2.03. The van der Waals surface area contributed by atoms with Crippen molar-refractivity contribution in [3.8, 4) is 0 Å². The maximum Gasteiger partial charge on any atom is 0.252 e. The molecule has 0 aromatic carbocycles. The van der Waals surface area contributed by atoms with Gasteiger partial charge in [0.1, 0.15) is 17.4 Å². The van der Waals surface area contributed by atoms with Gasteiger partial charge in [0.2, 0.25) is 5.89 Å². The number of hydrogen-bond acceptors (Lipinski definition) is 5. The normalized spacial score (nSPS) is 10.5. The minimum atomic E-state index is -0.164. The van der Waals surface area contributed by atoms with Crippen LogP contribution in [-0.4, -0.2) is 15.0 Å². The molecule has 2 N–H and O–H groups in total. The fourth-order valence-electron chi connectivity index (χ4n) is 1.42. The third-order valence-corrected chi connectivity index (χ3v) is 2.22. The Hall–Kier alpha value is -2.11. The van der Waals surface area contributed by atoms with Crippen molar-refractivity contribution in [2.75, 3.05) is 5.32 Å². The summed E-state index contributed by atoms with van der Waals surface area (Å²) in [5, 5.41) is 3.00. The van der Waals surface area contributed by atoms with Crippen LogP contribution >= 0.6 is 0 Å². The van der Waals surface area contributed by atoms with Crippen LogP contribution in [0, 0.1) is 6.92 Å². The van der Waals surface area contributed by atoms with Crippen LogP contribution in [0.2, 0.25) is 0 Å². The molecule has 2 rings (SSSR count). The first-order valence-electron chi connectivity index (χ1n) is 5.43. The Bertz CT molecular complexity index is 559. The molecule has 2 heterocycles. The first-order valence-corrected chi connectivity index (χ1v) is 5.43. The van der Waals surface area contributed by atoms with E-state index in [1.54, 1.807) is 6.20 Å². The number of rotatable bonds is 4. The average molecular weight is 234 g/mol. The molecule has 0 amide bonds. The van der Waals surface area contributed by atoms with Crippen LogP contribution < -0.4 is 10.9 Å². The second-order valence-electron chi connectivity index (χ2n) is 3.65. The topological polar surface area (TPSA) is 83.8 Å². The largest absolute Gasteiger partial charge is 0.444 e. The predicted octanol–water partition coefficient (Wildman–Crippen LogP) is 1.24. The zero-order chi connectivity index (χ0) is 12.3. The summed E-state index contributed by atoms with van der Waals surface area (Å²) in [5.74, 6) is 2.52. The molecule has 0 radical (unpaired) electrons. The molecule has 0 atom stereocenters. The van der Waals surface area contributed by atoms with E-state index in [4.69, 9.17) is 4.42 Å². The Morgan fingerprint density at radius 2 is 2.35 bits per heavy atom. The maximum atomic E-state index is 11.3. The number of hydrogen-bond donors (Lipinski definition) is 2. The molecule has 2 aromatic heterocycles. The summed E-state index contributed by atoms with van der Waals surface area (Å²) < 4.78 is 5.30. The molecule has 6 nitrogen and oxygen atoms in total. The molecule has 90 valence electrons. The zero-order valence-corrected chi connectivity index (χ0v) is 9.78. The van der Waals surface area contributed by atoms with E-state index in [-0.39, 0.29) is 5.56 Å². The molecule has 0 aliphatic carbocycles. The van der Waals surface area contributed by atoms with Crippen molar-refractivity contribution in [1.29, 1.82) is 0 Å². The number of nitrogens with one attached hydrogen (secondary N) is 2. The second kappa shape index (κ2) is 4.82. The van der Waals surface area contributed by atoms with Gasteiger partial charge in [-0.3, -0.25) is 4.79 Å². The Morgan fingerprint density at radius 1 is 1.53 bits per heavy atom. The first kappa shape index (κ1) is 11.4. The van der Waals surface area contributed by atoms with Crippen LogP contribution in [0.1, 0.15) is 24.4 Å². The lowest BCUT2D eigenvalue weighted by atomic mass is 10.4.